The third-order valence-corrected chi connectivity index (χ3v) is 2.41. The number of Topliss-reactive ketones (excluding diaryl/α,β-unsaturated/α-hetero) is 1. The van der Waals surface area contributed by atoms with Crippen molar-refractivity contribution in [2.75, 3.05) is 13.0 Å². The highest BCUT2D eigenvalue weighted by Gasteiger charge is 2.10. The van der Waals surface area contributed by atoms with E-state index in [1.54, 1.807) is 13.2 Å². The van der Waals surface area contributed by atoms with Crippen molar-refractivity contribution in [3.05, 3.63) is 28.8 Å². The van der Waals surface area contributed by atoms with Crippen molar-refractivity contribution in [1.82, 2.24) is 0 Å². The van der Waals surface area contributed by atoms with Gasteiger partial charge in [-0.05, 0) is 31.0 Å². The molecule has 0 unspecified atom stereocenters. The van der Waals surface area contributed by atoms with Crippen molar-refractivity contribution in [3.8, 4) is 5.75 Å². The molecule has 0 aliphatic heterocycles. The number of halogens is 1. The Bertz CT molecular complexity index is 359. The van der Waals surface area contributed by atoms with Gasteiger partial charge >= 0.3 is 0 Å². The average Bonchev–Trinajstić information content (AvgIpc) is 2.17. The molecule has 0 radical (unpaired) electrons. The number of hydrogen-bond donors (Lipinski definition) is 0. The Labute approximate surface area is 88.8 Å². The summed E-state index contributed by atoms with van der Waals surface area (Å²) in [5, 5.41) is 0. The predicted octanol–water partition coefficient (Wildman–Crippen LogP) is 2.73. The first kappa shape index (κ1) is 11.1. The number of benzene rings is 1. The summed E-state index contributed by atoms with van der Waals surface area (Å²) < 4.78 is 5.14. The Morgan fingerprint density at radius 2 is 2.00 bits per heavy atom. The number of ketones is 1. The highest BCUT2D eigenvalue weighted by Crippen LogP contribution is 2.23. The molecule has 0 aliphatic rings. The number of carbonyl (C=O) groups is 1. The van der Waals surface area contributed by atoms with E-state index in [0.29, 0.717) is 5.56 Å². The van der Waals surface area contributed by atoms with Crippen LogP contribution in [0.4, 0.5) is 0 Å². The van der Waals surface area contributed by atoms with Gasteiger partial charge in [0.1, 0.15) is 5.75 Å². The van der Waals surface area contributed by atoms with E-state index in [1.807, 2.05) is 19.9 Å². The lowest BCUT2D eigenvalue weighted by Gasteiger charge is -2.09. The SMILES string of the molecule is COc1cc(C(=O)CCl)c(C)cc1C. The molecule has 0 heterocycles. The number of methoxy groups -OCH3 is 1. The fraction of sp³-hybridized carbons (Fsp3) is 0.364. The topological polar surface area (TPSA) is 26.3 Å². The van der Waals surface area contributed by atoms with Gasteiger partial charge in [0.05, 0.1) is 13.0 Å². The highest BCUT2D eigenvalue weighted by molar-refractivity contribution is 6.30. The van der Waals surface area contributed by atoms with Gasteiger partial charge in [0.2, 0.25) is 0 Å². The van der Waals surface area contributed by atoms with E-state index in [2.05, 4.69) is 0 Å². The fourth-order valence-electron chi connectivity index (χ4n) is 1.42. The molecule has 0 aliphatic carbocycles. The number of carbonyl (C=O) groups excluding carboxylic acids is 1. The molecule has 14 heavy (non-hydrogen) atoms. The van der Waals surface area contributed by atoms with Gasteiger partial charge in [0.25, 0.3) is 0 Å². The lowest BCUT2D eigenvalue weighted by Crippen LogP contribution is -2.04. The Morgan fingerprint density at radius 3 is 2.50 bits per heavy atom. The predicted molar refractivity (Wildman–Crippen MR) is 57.5 cm³/mol. The molecule has 76 valence electrons. The second kappa shape index (κ2) is 4.47. The normalized spacial score (nSPS) is 10.0. The largest absolute Gasteiger partial charge is 0.496 e. The van der Waals surface area contributed by atoms with E-state index in [-0.39, 0.29) is 11.7 Å². The monoisotopic (exact) mass is 212 g/mol. The van der Waals surface area contributed by atoms with Crippen molar-refractivity contribution in [2.24, 2.45) is 0 Å². The van der Waals surface area contributed by atoms with E-state index in [1.165, 1.54) is 0 Å². The van der Waals surface area contributed by atoms with Gasteiger partial charge < -0.3 is 4.74 Å². The molecular weight excluding hydrogens is 200 g/mol. The second-order valence-corrected chi connectivity index (χ2v) is 3.46. The zero-order chi connectivity index (χ0) is 10.7. The molecule has 0 fully saturated rings. The van der Waals surface area contributed by atoms with Crippen LogP contribution in [0.1, 0.15) is 21.5 Å². The van der Waals surface area contributed by atoms with Crippen LogP contribution in [0.5, 0.6) is 5.75 Å². The van der Waals surface area contributed by atoms with Gasteiger partial charge in [-0.1, -0.05) is 6.07 Å². The zero-order valence-electron chi connectivity index (χ0n) is 8.56. The average molecular weight is 213 g/mol. The highest BCUT2D eigenvalue weighted by atomic mass is 35.5. The molecule has 1 aromatic carbocycles. The number of rotatable bonds is 3. The van der Waals surface area contributed by atoms with Gasteiger partial charge in [-0.25, -0.2) is 0 Å². The van der Waals surface area contributed by atoms with Crippen molar-refractivity contribution >= 4 is 17.4 Å². The molecule has 1 rings (SSSR count). The molecule has 0 saturated carbocycles. The van der Waals surface area contributed by atoms with E-state index in [0.717, 1.165) is 16.9 Å². The van der Waals surface area contributed by atoms with Crippen LogP contribution in [-0.2, 0) is 0 Å². The molecule has 3 heteroatoms. The Hall–Kier alpha value is -1.02. The van der Waals surface area contributed by atoms with Crippen molar-refractivity contribution < 1.29 is 9.53 Å². The van der Waals surface area contributed by atoms with Gasteiger partial charge in [0.15, 0.2) is 5.78 Å². The van der Waals surface area contributed by atoms with Crippen molar-refractivity contribution in [1.29, 1.82) is 0 Å². The zero-order valence-corrected chi connectivity index (χ0v) is 9.31. The fourth-order valence-corrected chi connectivity index (χ4v) is 1.57. The van der Waals surface area contributed by atoms with Gasteiger partial charge in [-0.15, -0.1) is 11.6 Å². The van der Waals surface area contributed by atoms with Crippen LogP contribution in [0.15, 0.2) is 12.1 Å². The maximum Gasteiger partial charge on any atom is 0.177 e. The van der Waals surface area contributed by atoms with Crippen LogP contribution < -0.4 is 4.74 Å². The first-order valence-corrected chi connectivity index (χ1v) is 4.88. The third-order valence-electron chi connectivity index (χ3n) is 2.16. The molecule has 0 bridgehead atoms. The summed E-state index contributed by atoms with van der Waals surface area (Å²) in [6, 6.07) is 3.67. The van der Waals surface area contributed by atoms with Crippen LogP contribution in [-0.4, -0.2) is 18.8 Å². The Kier molecular flexibility index (Phi) is 3.53. The molecule has 0 atom stereocenters. The summed E-state index contributed by atoms with van der Waals surface area (Å²) in [5.41, 5.74) is 2.60. The van der Waals surface area contributed by atoms with Crippen molar-refractivity contribution in [3.63, 3.8) is 0 Å². The van der Waals surface area contributed by atoms with E-state index < -0.39 is 0 Å². The molecule has 0 spiro atoms. The molecule has 2 nitrogen and oxygen atoms in total. The van der Waals surface area contributed by atoms with E-state index in [4.69, 9.17) is 16.3 Å². The minimum absolute atomic E-state index is 0.00700. The van der Waals surface area contributed by atoms with Gasteiger partial charge in [-0.2, -0.15) is 0 Å². The minimum Gasteiger partial charge on any atom is -0.496 e. The lowest BCUT2D eigenvalue weighted by molar-refractivity contribution is 0.102. The maximum atomic E-state index is 11.4. The summed E-state index contributed by atoms with van der Waals surface area (Å²) in [6.07, 6.45) is 0. The number of ether oxygens (including phenoxy) is 1. The van der Waals surface area contributed by atoms with Gasteiger partial charge in [0, 0.05) is 5.56 Å². The van der Waals surface area contributed by atoms with Crippen LogP contribution in [0.25, 0.3) is 0 Å². The van der Waals surface area contributed by atoms with Crippen LogP contribution in [0, 0.1) is 13.8 Å². The number of alkyl halides is 1. The smallest absolute Gasteiger partial charge is 0.177 e. The van der Waals surface area contributed by atoms with Crippen LogP contribution >= 0.6 is 11.6 Å². The number of aryl methyl sites for hydroxylation is 2. The van der Waals surface area contributed by atoms with Crippen molar-refractivity contribution in [2.45, 2.75) is 13.8 Å². The molecule has 0 saturated heterocycles. The third kappa shape index (κ3) is 2.07. The molecule has 0 aromatic heterocycles. The summed E-state index contributed by atoms with van der Waals surface area (Å²) >= 11 is 5.50. The Morgan fingerprint density at radius 1 is 1.36 bits per heavy atom. The van der Waals surface area contributed by atoms with Crippen LogP contribution in [0.3, 0.4) is 0 Å². The molecule has 0 N–H and O–H groups in total. The maximum absolute atomic E-state index is 11.4. The molecule has 0 amide bonds. The lowest BCUT2D eigenvalue weighted by atomic mass is 10.0. The summed E-state index contributed by atoms with van der Waals surface area (Å²) in [7, 11) is 1.59. The standard InChI is InChI=1S/C11H13ClO2/c1-7-4-8(2)11(14-3)5-9(7)10(13)6-12/h4-5H,6H2,1-3H3. The van der Waals surface area contributed by atoms with E-state index in [9.17, 15) is 4.79 Å². The Balaban J connectivity index is 3.24. The molecule has 1 aromatic rings. The first-order valence-electron chi connectivity index (χ1n) is 4.34. The van der Waals surface area contributed by atoms with Gasteiger partial charge in [-0.3, -0.25) is 4.79 Å². The summed E-state index contributed by atoms with van der Waals surface area (Å²) in [5.74, 6) is 0.666. The first-order chi connectivity index (χ1) is 6.60. The summed E-state index contributed by atoms with van der Waals surface area (Å²) in [4.78, 5) is 11.4. The number of hydrogen-bond acceptors (Lipinski definition) is 2. The van der Waals surface area contributed by atoms with E-state index >= 15 is 0 Å². The molecular formula is C11H13ClO2. The summed E-state index contributed by atoms with van der Waals surface area (Å²) in [6.45, 7) is 3.84. The second-order valence-electron chi connectivity index (χ2n) is 3.19. The minimum atomic E-state index is -0.0672. The quantitative estimate of drug-likeness (QED) is 0.569. The van der Waals surface area contributed by atoms with Crippen LogP contribution in [0.2, 0.25) is 0 Å².